The van der Waals surface area contributed by atoms with E-state index in [2.05, 4.69) is 15.8 Å². The molecule has 1 saturated heterocycles. The minimum absolute atomic E-state index is 0.0786. The van der Waals surface area contributed by atoms with E-state index in [-0.39, 0.29) is 18.4 Å². The first-order valence-electron chi connectivity index (χ1n) is 7.80. The van der Waals surface area contributed by atoms with Gasteiger partial charge in [0.1, 0.15) is 12.4 Å². The number of carbonyl (C=O) groups is 3. The summed E-state index contributed by atoms with van der Waals surface area (Å²) < 4.78 is 10.4. The molecule has 9 nitrogen and oxygen atoms in total. The van der Waals surface area contributed by atoms with Crippen molar-refractivity contribution >= 4 is 35.6 Å². The summed E-state index contributed by atoms with van der Waals surface area (Å²) in [6.45, 7) is 0.255. The van der Waals surface area contributed by atoms with Gasteiger partial charge in [0.25, 0.3) is 0 Å². The van der Waals surface area contributed by atoms with Crippen LogP contribution < -0.4 is 20.6 Å². The number of nitrogens with one attached hydrogen (secondary N) is 2. The van der Waals surface area contributed by atoms with Crippen LogP contribution in [0.25, 0.3) is 0 Å². The summed E-state index contributed by atoms with van der Waals surface area (Å²) in [4.78, 5) is 33.8. The van der Waals surface area contributed by atoms with E-state index >= 15 is 0 Å². The minimum atomic E-state index is -1.39. The van der Waals surface area contributed by atoms with Crippen molar-refractivity contribution in [3.63, 3.8) is 0 Å². The van der Waals surface area contributed by atoms with E-state index in [9.17, 15) is 19.5 Å². The molecule has 0 radical (unpaired) electrons. The molecule has 2 N–H and O–H groups in total. The Kier molecular flexibility index (Phi) is 7.37. The summed E-state index contributed by atoms with van der Waals surface area (Å²) in [6.07, 6.45) is 2.87. The summed E-state index contributed by atoms with van der Waals surface area (Å²) in [5.74, 6) is -2.99. The van der Waals surface area contributed by atoms with Gasteiger partial charge in [-0.15, -0.1) is 0 Å². The molecule has 0 saturated carbocycles. The fourth-order valence-corrected chi connectivity index (χ4v) is 2.37. The number of ether oxygens (including phenoxy) is 2. The lowest BCUT2D eigenvalue weighted by atomic mass is 10.2. The molecule has 2 rings (SSSR count). The molecule has 1 fully saturated rings. The van der Waals surface area contributed by atoms with Crippen LogP contribution >= 0.6 is 11.6 Å². The van der Waals surface area contributed by atoms with Crippen LogP contribution in [0.5, 0.6) is 5.75 Å². The van der Waals surface area contributed by atoms with E-state index in [1.165, 1.54) is 24.4 Å². The molecular formula is C16H17ClN3O6-. The summed E-state index contributed by atoms with van der Waals surface area (Å²) in [5.41, 5.74) is 2.39. The van der Waals surface area contributed by atoms with Crippen molar-refractivity contribution in [2.75, 3.05) is 19.8 Å². The number of benzene rings is 1. The number of carbonyl (C=O) groups excluding carboxylic acids is 3. The van der Waals surface area contributed by atoms with Crippen LogP contribution in [-0.2, 0) is 19.1 Å². The van der Waals surface area contributed by atoms with Crippen LogP contribution in [0.2, 0.25) is 5.02 Å². The molecule has 26 heavy (non-hydrogen) atoms. The van der Waals surface area contributed by atoms with Crippen molar-refractivity contribution in [2.24, 2.45) is 5.10 Å². The van der Waals surface area contributed by atoms with Gasteiger partial charge >= 0.3 is 11.8 Å². The van der Waals surface area contributed by atoms with E-state index in [1.807, 2.05) is 0 Å². The van der Waals surface area contributed by atoms with Crippen molar-refractivity contribution in [2.45, 2.75) is 18.9 Å². The van der Waals surface area contributed by atoms with Crippen molar-refractivity contribution < 1.29 is 29.0 Å². The second kappa shape index (κ2) is 9.73. The predicted octanol–water partition coefficient (Wildman–Crippen LogP) is -0.786. The Morgan fingerprint density at radius 2 is 2.19 bits per heavy atom. The Morgan fingerprint density at radius 1 is 1.38 bits per heavy atom. The van der Waals surface area contributed by atoms with Gasteiger partial charge in [0.15, 0.2) is 0 Å². The maximum absolute atomic E-state index is 11.7. The lowest BCUT2D eigenvalue weighted by Gasteiger charge is -2.10. The fourth-order valence-electron chi connectivity index (χ4n) is 2.19. The molecule has 140 valence electrons. The summed E-state index contributed by atoms with van der Waals surface area (Å²) in [7, 11) is 0. The number of rotatable bonds is 7. The molecule has 1 aliphatic heterocycles. The van der Waals surface area contributed by atoms with E-state index in [0.29, 0.717) is 17.2 Å². The Balaban J connectivity index is 1.87. The molecule has 0 unspecified atom stereocenters. The van der Waals surface area contributed by atoms with Gasteiger partial charge < -0.3 is 24.7 Å². The Bertz CT molecular complexity index is 703. The van der Waals surface area contributed by atoms with Gasteiger partial charge in [-0.3, -0.25) is 9.59 Å². The Labute approximate surface area is 154 Å². The first-order valence-corrected chi connectivity index (χ1v) is 8.18. The number of aliphatic carboxylic acids is 1. The zero-order chi connectivity index (χ0) is 18.9. The standard InChI is InChI=1S/C16H18ClN3O6/c17-11-3-4-13(26-9-14(21)22)10(6-11)7-19-20-16(24)15(23)18-8-12-2-1-5-25-12/h3-4,6-7,12H,1-2,5,8-9H2,(H,18,23)(H,20,24)(H,21,22)/p-1/b19-7-/t12-/m0/s1. The minimum Gasteiger partial charge on any atom is -0.546 e. The molecule has 0 spiro atoms. The van der Waals surface area contributed by atoms with Crippen molar-refractivity contribution in [3.05, 3.63) is 28.8 Å². The van der Waals surface area contributed by atoms with Crippen LogP contribution in [0, 0.1) is 0 Å². The van der Waals surface area contributed by atoms with Crippen LogP contribution in [0.4, 0.5) is 0 Å². The van der Waals surface area contributed by atoms with Gasteiger partial charge in [-0.05, 0) is 31.0 Å². The summed E-state index contributed by atoms with van der Waals surface area (Å²) in [5, 5.41) is 16.9. The highest BCUT2D eigenvalue weighted by molar-refractivity contribution is 6.35. The van der Waals surface area contributed by atoms with Crippen molar-refractivity contribution in [1.29, 1.82) is 0 Å². The number of nitrogens with zero attached hydrogens (tertiary/aromatic N) is 1. The van der Waals surface area contributed by atoms with Gasteiger partial charge in [-0.2, -0.15) is 5.10 Å². The molecule has 0 aromatic heterocycles. The highest BCUT2D eigenvalue weighted by Crippen LogP contribution is 2.21. The van der Waals surface area contributed by atoms with Crippen molar-refractivity contribution in [1.82, 2.24) is 10.7 Å². The molecule has 2 amide bonds. The van der Waals surface area contributed by atoms with Gasteiger partial charge in [0, 0.05) is 23.7 Å². The maximum Gasteiger partial charge on any atom is 0.329 e. The number of hydrogen-bond acceptors (Lipinski definition) is 7. The van der Waals surface area contributed by atoms with E-state index in [1.54, 1.807) is 0 Å². The number of carboxylic acids is 1. The first kappa shape index (κ1) is 19.7. The number of amides is 2. The van der Waals surface area contributed by atoms with Gasteiger partial charge in [-0.25, -0.2) is 5.43 Å². The highest BCUT2D eigenvalue weighted by Gasteiger charge is 2.19. The average molecular weight is 383 g/mol. The molecule has 0 aliphatic carbocycles. The molecular weight excluding hydrogens is 366 g/mol. The molecule has 1 aromatic carbocycles. The third kappa shape index (κ3) is 6.34. The lowest BCUT2D eigenvalue weighted by molar-refractivity contribution is -0.307. The average Bonchev–Trinajstić information content (AvgIpc) is 3.12. The molecule has 1 aliphatic rings. The number of hydrazone groups is 1. The third-order valence-corrected chi connectivity index (χ3v) is 3.64. The van der Waals surface area contributed by atoms with Gasteiger partial charge in [0.2, 0.25) is 0 Å². The summed E-state index contributed by atoms with van der Waals surface area (Å²) in [6, 6.07) is 4.41. The number of carboxylic acid groups (broad SMARTS) is 1. The quantitative estimate of drug-likeness (QED) is 0.361. The third-order valence-electron chi connectivity index (χ3n) is 3.41. The van der Waals surface area contributed by atoms with Crippen LogP contribution in [-0.4, -0.2) is 49.9 Å². The van der Waals surface area contributed by atoms with Crippen LogP contribution in [0.15, 0.2) is 23.3 Å². The van der Waals surface area contributed by atoms with Crippen LogP contribution in [0.3, 0.4) is 0 Å². The van der Waals surface area contributed by atoms with E-state index in [0.717, 1.165) is 12.8 Å². The van der Waals surface area contributed by atoms with E-state index < -0.39 is 24.4 Å². The summed E-state index contributed by atoms with van der Waals surface area (Å²) >= 11 is 5.87. The topological polar surface area (TPSA) is 129 Å². The van der Waals surface area contributed by atoms with E-state index in [4.69, 9.17) is 21.1 Å². The van der Waals surface area contributed by atoms with Crippen molar-refractivity contribution in [3.8, 4) is 5.75 Å². The predicted molar refractivity (Wildman–Crippen MR) is 89.7 cm³/mol. The number of halogens is 1. The molecule has 10 heteroatoms. The molecule has 1 aromatic rings. The zero-order valence-corrected chi connectivity index (χ0v) is 14.5. The van der Waals surface area contributed by atoms with Crippen LogP contribution in [0.1, 0.15) is 18.4 Å². The largest absolute Gasteiger partial charge is 0.546 e. The smallest absolute Gasteiger partial charge is 0.329 e. The molecule has 1 atom stereocenters. The Morgan fingerprint density at radius 3 is 2.88 bits per heavy atom. The highest BCUT2D eigenvalue weighted by atomic mass is 35.5. The van der Waals surface area contributed by atoms with Gasteiger partial charge in [0.05, 0.1) is 18.3 Å². The second-order valence-corrected chi connectivity index (χ2v) is 5.82. The zero-order valence-electron chi connectivity index (χ0n) is 13.7. The normalized spacial score (nSPS) is 16.4. The Hall–Kier alpha value is -2.65. The molecule has 0 bridgehead atoms. The second-order valence-electron chi connectivity index (χ2n) is 5.39. The maximum atomic E-state index is 11.7. The van der Waals surface area contributed by atoms with Gasteiger partial charge in [-0.1, -0.05) is 11.6 Å². The lowest BCUT2D eigenvalue weighted by Crippen LogP contribution is -2.41. The number of hydrogen-bond donors (Lipinski definition) is 2. The monoisotopic (exact) mass is 382 g/mol. The molecule has 1 heterocycles. The fraction of sp³-hybridized carbons (Fsp3) is 0.375. The first-order chi connectivity index (χ1) is 12.5. The SMILES string of the molecule is O=C([O-])COc1ccc(Cl)cc1/C=N\NC(=O)C(=O)NC[C@@H]1CCCO1.